The van der Waals surface area contributed by atoms with E-state index in [2.05, 4.69) is 0 Å². The van der Waals surface area contributed by atoms with Crippen molar-refractivity contribution in [3.8, 4) is 0 Å². The number of non-ortho nitro benzene ring substituents is 1. The van der Waals surface area contributed by atoms with E-state index < -0.39 is 18.3 Å². The third kappa shape index (κ3) is 2.12. The van der Waals surface area contributed by atoms with Gasteiger partial charge in [0.05, 0.1) is 16.1 Å². The first-order valence-corrected chi connectivity index (χ1v) is 7.21. The zero-order valence-electron chi connectivity index (χ0n) is 13.4. The highest BCUT2D eigenvalue weighted by atomic mass is 16.7. The molecule has 22 heavy (non-hydrogen) atoms. The van der Waals surface area contributed by atoms with Crippen molar-refractivity contribution >= 4 is 29.2 Å². The third-order valence-electron chi connectivity index (χ3n) is 4.69. The molecule has 7 heteroatoms. The van der Waals surface area contributed by atoms with Gasteiger partial charge >= 0.3 is 7.12 Å². The lowest BCUT2D eigenvalue weighted by Gasteiger charge is -2.32. The van der Waals surface area contributed by atoms with Crippen LogP contribution >= 0.6 is 0 Å². The van der Waals surface area contributed by atoms with Gasteiger partial charge in [0.1, 0.15) is 5.52 Å². The molecule has 1 aliphatic rings. The van der Waals surface area contributed by atoms with E-state index in [0.717, 1.165) is 5.39 Å². The molecular weight excluding hydrogens is 283 g/mol. The minimum Gasteiger partial charge on any atom is -0.399 e. The van der Waals surface area contributed by atoms with Crippen molar-refractivity contribution in [3.63, 3.8) is 0 Å². The maximum absolute atomic E-state index is 11.4. The Hall–Kier alpha value is -1.86. The summed E-state index contributed by atoms with van der Waals surface area (Å²) in [5.41, 5.74) is 0.389. The molecule has 0 bridgehead atoms. The molecule has 1 saturated heterocycles. The molecule has 1 fully saturated rings. The van der Waals surface area contributed by atoms with Gasteiger partial charge in [-0.2, -0.15) is 0 Å². The average molecular weight is 302 g/mol. The van der Waals surface area contributed by atoms with Crippen LogP contribution in [0.5, 0.6) is 0 Å². The molecule has 0 amide bonds. The Morgan fingerprint density at radius 2 is 1.77 bits per heavy atom. The quantitative estimate of drug-likeness (QED) is 0.485. The van der Waals surface area contributed by atoms with Crippen LogP contribution in [0, 0.1) is 10.1 Å². The number of benzene rings is 1. The SMILES string of the molecule is Cn1ccc2cc(B3OC(C)(C)C(C)(C)O3)cc([N+](=O)[O-])c21. The van der Waals surface area contributed by atoms with Gasteiger partial charge in [-0.3, -0.25) is 10.1 Å². The summed E-state index contributed by atoms with van der Waals surface area (Å²) in [7, 11) is 1.19. The Labute approximate surface area is 129 Å². The van der Waals surface area contributed by atoms with Crippen LogP contribution in [0.25, 0.3) is 10.9 Å². The fourth-order valence-electron chi connectivity index (χ4n) is 2.70. The molecule has 1 aliphatic heterocycles. The number of nitro benzene ring substituents is 1. The zero-order valence-corrected chi connectivity index (χ0v) is 13.4. The molecule has 0 N–H and O–H groups in total. The van der Waals surface area contributed by atoms with Gasteiger partial charge in [-0.1, -0.05) is 6.07 Å². The summed E-state index contributed by atoms with van der Waals surface area (Å²) in [6, 6.07) is 5.30. The number of hydrogen-bond acceptors (Lipinski definition) is 4. The first kappa shape index (κ1) is 15.1. The lowest BCUT2D eigenvalue weighted by molar-refractivity contribution is -0.383. The molecule has 2 heterocycles. The third-order valence-corrected chi connectivity index (χ3v) is 4.69. The van der Waals surface area contributed by atoms with E-state index >= 15 is 0 Å². The summed E-state index contributed by atoms with van der Waals surface area (Å²) in [4.78, 5) is 11.0. The van der Waals surface area contributed by atoms with E-state index in [1.165, 1.54) is 0 Å². The molecule has 116 valence electrons. The first-order chi connectivity index (χ1) is 10.1. The number of aryl methyl sites for hydroxylation is 1. The standard InChI is InChI=1S/C15H19BN2O4/c1-14(2)15(3,4)22-16(21-14)11-8-10-6-7-17(5)13(10)12(9-11)18(19)20/h6-9H,1-5H3. The predicted octanol–water partition coefficient (Wildman–Crippen LogP) is 2.39. The minimum atomic E-state index is -0.603. The second-order valence-electron chi connectivity index (χ2n) is 6.75. The van der Waals surface area contributed by atoms with Crippen molar-refractivity contribution in [1.82, 2.24) is 4.57 Å². The molecule has 0 unspecified atom stereocenters. The molecule has 0 atom stereocenters. The zero-order chi connectivity index (χ0) is 16.3. The highest BCUT2D eigenvalue weighted by Crippen LogP contribution is 2.37. The Kier molecular flexibility index (Phi) is 3.13. The normalized spacial score (nSPS) is 19.8. The van der Waals surface area contributed by atoms with Crippen LogP contribution in [0.2, 0.25) is 0 Å². The van der Waals surface area contributed by atoms with Gasteiger partial charge in [0.25, 0.3) is 5.69 Å². The van der Waals surface area contributed by atoms with Crippen LogP contribution in [0.1, 0.15) is 27.7 Å². The molecule has 0 aliphatic carbocycles. The second kappa shape index (κ2) is 4.57. The van der Waals surface area contributed by atoms with Crippen LogP contribution < -0.4 is 5.46 Å². The van der Waals surface area contributed by atoms with Crippen molar-refractivity contribution in [2.24, 2.45) is 7.05 Å². The molecule has 6 nitrogen and oxygen atoms in total. The molecule has 2 aromatic rings. The van der Waals surface area contributed by atoms with Gasteiger partial charge in [0.15, 0.2) is 0 Å². The molecule has 0 radical (unpaired) electrons. The van der Waals surface area contributed by atoms with Crippen molar-refractivity contribution in [1.29, 1.82) is 0 Å². The summed E-state index contributed by atoms with van der Waals surface area (Å²) in [6.07, 6.45) is 1.81. The maximum Gasteiger partial charge on any atom is 0.495 e. The number of nitrogens with zero attached hydrogens (tertiary/aromatic N) is 2. The number of nitro groups is 1. The largest absolute Gasteiger partial charge is 0.495 e. The van der Waals surface area contributed by atoms with Gasteiger partial charge in [0.2, 0.25) is 0 Å². The van der Waals surface area contributed by atoms with Crippen molar-refractivity contribution in [2.45, 2.75) is 38.9 Å². The van der Waals surface area contributed by atoms with Crippen LogP contribution in [-0.2, 0) is 16.4 Å². The van der Waals surface area contributed by atoms with Crippen molar-refractivity contribution in [3.05, 3.63) is 34.5 Å². The summed E-state index contributed by atoms with van der Waals surface area (Å²) in [5, 5.41) is 12.2. The lowest BCUT2D eigenvalue weighted by atomic mass is 9.78. The summed E-state index contributed by atoms with van der Waals surface area (Å²) < 4.78 is 13.7. The van der Waals surface area contributed by atoms with E-state index in [9.17, 15) is 10.1 Å². The first-order valence-electron chi connectivity index (χ1n) is 7.21. The summed E-state index contributed by atoms with van der Waals surface area (Å²) >= 11 is 0. The average Bonchev–Trinajstić information content (AvgIpc) is 2.87. The van der Waals surface area contributed by atoms with Gasteiger partial charge in [-0.25, -0.2) is 0 Å². The number of aromatic nitrogens is 1. The highest BCUT2D eigenvalue weighted by Gasteiger charge is 2.52. The van der Waals surface area contributed by atoms with Gasteiger partial charge in [-0.15, -0.1) is 0 Å². The van der Waals surface area contributed by atoms with Gasteiger partial charge in [0, 0.05) is 24.7 Å². The van der Waals surface area contributed by atoms with Crippen LogP contribution in [0.3, 0.4) is 0 Å². The Morgan fingerprint density at radius 1 is 1.18 bits per heavy atom. The van der Waals surface area contributed by atoms with Crippen LogP contribution in [-0.4, -0.2) is 27.8 Å². The fraction of sp³-hybridized carbons (Fsp3) is 0.467. The van der Waals surface area contributed by atoms with E-state index in [-0.39, 0.29) is 10.6 Å². The highest BCUT2D eigenvalue weighted by molar-refractivity contribution is 6.62. The van der Waals surface area contributed by atoms with Crippen molar-refractivity contribution < 1.29 is 14.2 Å². The number of rotatable bonds is 2. The molecule has 0 saturated carbocycles. The van der Waals surface area contributed by atoms with E-state index in [1.54, 1.807) is 17.7 Å². The summed E-state index contributed by atoms with van der Waals surface area (Å²) in [6.45, 7) is 7.84. The molecule has 1 aromatic carbocycles. The van der Waals surface area contributed by atoms with Crippen molar-refractivity contribution in [2.75, 3.05) is 0 Å². The minimum absolute atomic E-state index is 0.0645. The Balaban J connectivity index is 2.12. The number of fused-ring (bicyclic) bond motifs is 1. The van der Waals surface area contributed by atoms with E-state index in [1.807, 2.05) is 46.0 Å². The summed E-state index contributed by atoms with van der Waals surface area (Å²) in [5.74, 6) is 0. The second-order valence-corrected chi connectivity index (χ2v) is 6.75. The molecule has 0 spiro atoms. The molecule has 3 rings (SSSR count). The maximum atomic E-state index is 11.4. The Bertz CT molecular complexity index is 750. The topological polar surface area (TPSA) is 66.5 Å². The van der Waals surface area contributed by atoms with Gasteiger partial charge < -0.3 is 13.9 Å². The fourth-order valence-corrected chi connectivity index (χ4v) is 2.70. The van der Waals surface area contributed by atoms with Gasteiger partial charge in [-0.05, 0) is 39.2 Å². The van der Waals surface area contributed by atoms with Crippen LogP contribution in [0.15, 0.2) is 24.4 Å². The van der Waals surface area contributed by atoms with E-state index in [0.29, 0.717) is 11.0 Å². The predicted molar refractivity (Wildman–Crippen MR) is 85.3 cm³/mol. The lowest BCUT2D eigenvalue weighted by Crippen LogP contribution is -2.41. The van der Waals surface area contributed by atoms with E-state index in [4.69, 9.17) is 9.31 Å². The molecular formula is C15H19BN2O4. The smallest absolute Gasteiger partial charge is 0.399 e. The number of hydrogen-bond donors (Lipinski definition) is 0. The monoisotopic (exact) mass is 302 g/mol. The molecule has 1 aromatic heterocycles. The van der Waals surface area contributed by atoms with Crippen LogP contribution in [0.4, 0.5) is 5.69 Å². The Morgan fingerprint density at radius 3 is 2.32 bits per heavy atom.